The van der Waals surface area contributed by atoms with Crippen LogP contribution in [0.25, 0.3) is 0 Å². The number of rotatable bonds is 3. The zero-order valence-corrected chi connectivity index (χ0v) is 13.2. The summed E-state index contributed by atoms with van der Waals surface area (Å²) in [5, 5.41) is 8.07. The first-order valence-corrected chi connectivity index (χ1v) is 8.28. The third-order valence-electron chi connectivity index (χ3n) is 4.67. The second kappa shape index (κ2) is 6.29. The Morgan fingerprint density at radius 2 is 1.91 bits per heavy atom. The molecule has 2 aromatic rings. The predicted molar refractivity (Wildman–Crippen MR) is 87.8 cm³/mol. The van der Waals surface area contributed by atoms with Gasteiger partial charge in [-0.1, -0.05) is 12.1 Å². The molecule has 1 aromatic heterocycles. The van der Waals surface area contributed by atoms with Crippen molar-refractivity contribution in [3.63, 3.8) is 0 Å². The number of nitrogens with one attached hydrogen (secondary N) is 1. The maximum atomic E-state index is 13.9. The fourth-order valence-electron chi connectivity index (χ4n) is 3.41. The molecule has 0 unspecified atom stereocenters. The normalized spacial score (nSPS) is 18.9. The largest absolute Gasteiger partial charge is 0.367 e. The second-order valence-corrected chi connectivity index (χ2v) is 6.24. The highest BCUT2D eigenvalue weighted by Gasteiger charge is 2.20. The summed E-state index contributed by atoms with van der Waals surface area (Å²) in [6, 6.07) is 9.24. The van der Waals surface area contributed by atoms with Crippen LogP contribution in [-0.2, 0) is 19.6 Å². The lowest BCUT2D eigenvalue weighted by molar-refractivity contribution is 0.245. The fourth-order valence-corrected chi connectivity index (χ4v) is 3.41. The molecule has 2 aliphatic rings. The van der Waals surface area contributed by atoms with E-state index in [0.717, 1.165) is 63.7 Å². The molecule has 0 amide bonds. The molecular formula is C17H22FN5. The summed E-state index contributed by atoms with van der Waals surface area (Å²) >= 11 is 0. The molecular weight excluding hydrogens is 293 g/mol. The van der Waals surface area contributed by atoms with E-state index in [4.69, 9.17) is 5.10 Å². The van der Waals surface area contributed by atoms with E-state index in [1.807, 2.05) is 12.1 Å². The fraction of sp³-hybridized carbons (Fsp3) is 0.471. The Kier molecular flexibility index (Phi) is 4.01. The molecule has 0 radical (unpaired) electrons. The zero-order chi connectivity index (χ0) is 15.6. The smallest absolute Gasteiger partial charge is 0.146 e. The summed E-state index contributed by atoms with van der Waals surface area (Å²) in [7, 11) is 0. The van der Waals surface area contributed by atoms with Gasteiger partial charge in [0.2, 0.25) is 0 Å². The lowest BCUT2D eigenvalue weighted by Crippen LogP contribution is -2.46. The van der Waals surface area contributed by atoms with Gasteiger partial charge in [-0.3, -0.25) is 9.58 Å². The predicted octanol–water partition coefficient (Wildman–Crippen LogP) is 1.45. The van der Waals surface area contributed by atoms with Crippen molar-refractivity contribution in [3.8, 4) is 0 Å². The number of fused-ring (bicyclic) bond motifs is 1. The molecule has 0 bridgehead atoms. The molecule has 1 aromatic carbocycles. The highest BCUT2D eigenvalue weighted by atomic mass is 19.1. The van der Waals surface area contributed by atoms with Crippen LogP contribution in [0.1, 0.15) is 11.4 Å². The lowest BCUT2D eigenvalue weighted by Gasteiger charge is -2.35. The van der Waals surface area contributed by atoms with E-state index in [0.29, 0.717) is 0 Å². The summed E-state index contributed by atoms with van der Waals surface area (Å²) in [6.07, 6.45) is 0. The number of hydrogen-bond acceptors (Lipinski definition) is 4. The van der Waals surface area contributed by atoms with Gasteiger partial charge in [0.15, 0.2) is 0 Å². The first-order valence-electron chi connectivity index (χ1n) is 8.28. The first kappa shape index (κ1) is 14.7. The quantitative estimate of drug-likeness (QED) is 0.930. The van der Waals surface area contributed by atoms with Gasteiger partial charge in [-0.2, -0.15) is 5.10 Å². The van der Waals surface area contributed by atoms with Crippen LogP contribution in [0.15, 0.2) is 30.3 Å². The SMILES string of the molecule is Fc1ccccc1N1CCN(Cc2cc3n(n2)CCNC3)CC1. The van der Waals surface area contributed by atoms with Gasteiger partial charge in [0.25, 0.3) is 0 Å². The van der Waals surface area contributed by atoms with Crippen molar-refractivity contribution in [1.82, 2.24) is 20.0 Å². The molecule has 0 saturated carbocycles. The van der Waals surface area contributed by atoms with E-state index >= 15 is 0 Å². The van der Waals surface area contributed by atoms with Gasteiger partial charge in [-0.05, 0) is 18.2 Å². The molecule has 0 atom stereocenters. The van der Waals surface area contributed by atoms with Crippen molar-refractivity contribution in [1.29, 1.82) is 0 Å². The Hall–Kier alpha value is -1.92. The number of benzene rings is 1. The molecule has 1 saturated heterocycles. The third kappa shape index (κ3) is 3.09. The number of piperazine rings is 1. The molecule has 0 spiro atoms. The first-order chi connectivity index (χ1) is 11.3. The number of anilines is 1. The van der Waals surface area contributed by atoms with E-state index in [2.05, 4.69) is 25.9 Å². The van der Waals surface area contributed by atoms with Crippen molar-refractivity contribution in [2.75, 3.05) is 37.6 Å². The number of halogens is 1. The van der Waals surface area contributed by atoms with Crippen molar-refractivity contribution in [2.45, 2.75) is 19.6 Å². The van der Waals surface area contributed by atoms with Crippen LogP contribution in [-0.4, -0.2) is 47.4 Å². The summed E-state index contributed by atoms with van der Waals surface area (Å²) in [6.45, 7) is 7.33. The maximum absolute atomic E-state index is 13.9. The summed E-state index contributed by atoms with van der Waals surface area (Å²) in [5.41, 5.74) is 3.13. The van der Waals surface area contributed by atoms with Gasteiger partial charge in [0.1, 0.15) is 5.82 Å². The zero-order valence-electron chi connectivity index (χ0n) is 13.2. The minimum atomic E-state index is -0.129. The van der Waals surface area contributed by atoms with E-state index in [9.17, 15) is 4.39 Å². The number of hydrogen-bond donors (Lipinski definition) is 1. The minimum Gasteiger partial charge on any atom is -0.367 e. The van der Waals surface area contributed by atoms with E-state index in [1.165, 1.54) is 11.8 Å². The number of para-hydroxylation sites is 1. The highest BCUT2D eigenvalue weighted by molar-refractivity contribution is 5.48. The molecule has 6 heteroatoms. The summed E-state index contributed by atoms with van der Waals surface area (Å²) < 4.78 is 16.0. The molecule has 0 aliphatic carbocycles. The average molecular weight is 315 g/mol. The minimum absolute atomic E-state index is 0.129. The van der Waals surface area contributed by atoms with Crippen molar-refractivity contribution < 1.29 is 4.39 Å². The van der Waals surface area contributed by atoms with E-state index in [-0.39, 0.29) is 5.82 Å². The van der Waals surface area contributed by atoms with Crippen LogP contribution in [0.5, 0.6) is 0 Å². The monoisotopic (exact) mass is 315 g/mol. The Balaban J connectivity index is 1.36. The third-order valence-corrected chi connectivity index (χ3v) is 4.67. The molecule has 3 heterocycles. The van der Waals surface area contributed by atoms with Crippen molar-refractivity contribution in [3.05, 3.63) is 47.5 Å². The van der Waals surface area contributed by atoms with E-state index in [1.54, 1.807) is 6.07 Å². The van der Waals surface area contributed by atoms with Crippen LogP contribution in [0.2, 0.25) is 0 Å². The molecule has 2 aliphatic heterocycles. The standard InChI is InChI=1S/C17H22FN5/c18-16-3-1-2-4-17(16)22-9-7-21(8-10-22)13-14-11-15-12-19-5-6-23(15)20-14/h1-4,11,19H,5-10,12-13H2. The molecule has 5 nitrogen and oxygen atoms in total. The van der Waals surface area contributed by atoms with Gasteiger partial charge in [0.05, 0.1) is 23.6 Å². The van der Waals surface area contributed by atoms with E-state index < -0.39 is 0 Å². The van der Waals surface area contributed by atoms with Crippen LogP contribution in [0, 0.1) is 5.82 Å². The Morgan fingerprint density at radius 3 is 2.70 bits per heavy atom. The maximum Gasteiger partial charge on any atom is 0.146 e. The number of nitrogens with zero attached hydrogens (tertiary/aromatic N) is 4. The van der Waals surface area contributed by atoms with Crippen LogP contribution >= 0.6 is 0 Å². The van der Waals surface area contributed by atoms with Crippen LogP contribution in [0.4, 0.5) is 10.1 Å². The topological polar surface area (TPSA) is 36.3 Å². The molecule has 4 rings (SSSR count). The lowest BCUT2D eigenvalue weighted by atomic mass is 10.2. The van der Waals surface area contributed by atoms with Gasteiger partial charge in [-0.25, -0.2) is 4.39 Å². The van der Waals surface area contributed by atoms with Gasteiger partial charge >= 0.3 is 0 Å². The summed E-state index contributed by atoms with van der Waals surface area (Å²) in [5.74, 6) is -0.129. The molecule has 1 N–H and O–H groups in total. The Bertz CT molecular complexity index is 652. The molecule has 23 heavy (non-hydrogen) atoms. The summed E-state index contributed by atoms with van der Waals surface area (Å²) in [4.78, 5) is 4.53. The second-order valence-electron chi connectivity index (χ2n) is 6.24. The van der Waals surface area contributed by atoms with Crippen molar-refractivity contribution in [2.24, 2.45) is 0 Å². The van der Waals surface area contributed by atoms with Crippen LogP contribution < -0.4 is 10.2 Å². The Labute approximate surface area is 135 Å². The van der Waals surface area contributed by atoms with Crippen molar-refractivity contribution >= 4 is 5.69 Å². The van der Waals surface area contributed by atoms with Gasteiger partial charge in [0, 0.05) is 45.8 Å². The molecule has 1 fully saturated rings. The Morgan fingerprint density at radius 1 is 1.09 bits per heavy atom. The number of aromatic nitrogens is 2. The average Bonchev–Trinajstić information content (AvgIpc) is 2.98. The van der Waals surface area contributed by atoms with Crippen LogP contribution in [0.3, 0.4) is 0 Å². The highest BCUT2D eigenvalue weighted by Crippen LogP contribution is 2.20. The van der Waals surface area contributed by atoms with Gasteiger partial charge < -0.3 is 10.2 Å². The van der Waals surface area contributed by atoms with Gasteiger partial charge in [-0.15, -0.1) is 0 Å². The molecule has 122 valence electrons.